The molecule has 2 N–H and O–H groups in total. The van der Waals surface area contributed by atoms with Gasteiger partial charge in [-0.25, -0.2) is 9.97 Å². The number of pyridine rings is 1. The molecule has 0 radical (unpaired) electrons. The molecule has 8 nitrogen and oxygen atoms in total. The standard InChI is InChI=1S/C20H17N5O3S2/c1-27-16-6-5-13(8-17(16)28-2)22-19-24-15(11-30-19)18(26)25-20-23-14(10-29-20)12-4-3-7-21-9-12/h3-11H,1-2H3,(H,22,24)(H,23,25,26). The van der Waals surface area contributed by atoms with Crippen LogP contribution in [0.25, 0.3) is 11.3 Å². The molecule has 4 aromatic rings. The number of ether oxygens (including phenoxy) is 2. The second-order valence-corrected chi connectivity index (χ2v) is 7.68. The van der Waals surface area contributed by atoms with Crippen LogP contribution >= 0.6 is 22.7 Å². The third-order valence-electron chi connectivity index (χ3n) is 4.05. The van der Waals surface area contributed by atoms with Crippen LogP contribution in [0.15, 0.2) is 53.5 Å². The molecular formula is C20H17N5O3S2. The molecule has 1 amide bonds. The van der Waals surface area contributed by atoms with E-state index in [1.165, 1.54) is 22.7 Å². The topological polar surface area (TPSA) is 98.3 Å². The van der Waals surface area contributed by atoms with Gasteiger partial charge in [0.1, 0.15) is 5.69 Å². The summed E-state index contributed by atoms with van der Waals surface area (Å²) in [4.78, 5) is 25.4. The third kappa shape index (κ3) is 4.39. The summed E-state index contributed by atoms with van der Waals surface area (Å²) in [6.45, 7) is 0. The molecule has 0 atom stereocenters. The summed E-state index contributed by atoms with van der Waals surface area (Å²) in [6, 6.07) is 9.20. The van der Waals surface area contributed by atoms with Crippen molar-refractivity contribution in [3.8, 4) is 22.8 Å². The Morgan fingerprint density at radius 3 is 2.60 bits per heavy atom. The predicted molar refractivity (Wildman–Crippen MR) is 118 cm³/mol. The summed E-state index contributed by atoms with van der Waals surface area (Å²) in [6.07, 6.45) is 3.43. The molecule has 10 heteroatoms. The Labute approximate surface area is 180 Å². The second kappa shape index (κ2) is 8.89. The molecule has 30 heavy (non-hydrogen) atoms. The maximum Gasteiger partial charge on any atom is 0.276 e. The number of carbonyl (C=O) groups is 1. The molecule has 0 spiro atoms. The van der Waals surface area contributed by atoms with Crippen molar-refractivity contribution >= 4 is 44.5 Å². The number of benzene rings is 1. The number of rotatable bonds is 7. The Balaban J connectivity index is 1.43. The van der Waals surface area contributed by atoms with Crippen LogP contribution in [0.2, 0.25) is 0 Å². The fourth-order valence-corrected chi connectivity index (χ4v) is 4.04. The Bertz CT molecular complexity index is 1160. The van der Waals surface area contributed by atoms with E-state index in [9.17, 15) is 4.79 Å². The van der Waals surface area contributed by atoms with E-state index in [2.05, 4.69) is 25.6 Å². The second-order valence-electron chi connectivity index (χ2n) is 5.97. The Morgan fingerprint density at radius 1 is 1.00 bits per heavy atom. The van der Waals surface area contributed by atoms with E-state index in [0.29, 0.717) is 27.5 Å². The minimum Gasteiger partial charge on any atom is -0.493 e. The fourth-order valence-electron chi connectivity index (χ4n) is 2.61. The maximum atomic E-state index is 12.5. The van der Waals surface area contributed by atoms with Crippen molar-refractivity contribution in [3.05, 3.63) is 59.2 Å². The lowest BCUT2D eigenvalue weighted by molar-refractivity contribution is 0.102. The van der Waals surface area contributed by atoms with Gasteiger partial charge in [0.2, 0.25) is 0 Å². The van der Waals surface area contributed by atoms with Crippen molar-refractivity contribution in [2.45, 2.75) is 0 Å². The first-order valence-corrected chi connectivity index (χ1v) is 10.5. The lowest BCUT2D eigenvalue weighted by atomic mass is 10.2. The number of carbonyl (C=O) groups excluding carboxylic acids is 1. The van der Waals surface area contributed by atoms with E-state index in [1.54, 1.807) is 44.1 Å². The van der Waals surface area contributed by atoms with E-state index in [1.807, 2.05) is 23.6 Å². The molecule has 0 unspecified atom stereocenters. The van der Waals surface area contributed by atoms with Crippen molar-refractivity contribution < 1.29 is 14.3 Å². The van der Waals surface area contributed by atoms with Gasteiger partial charge in [-0.15, -0.1) is 22.7 Å². The zero-order valence-electron chi connectivity index (χ0n) is 16.1. The van der Waals surface area contributed by atoms with Gasteiger partial charge in [-0.2, -0.15) is 0 Å². The molecule has 3 heterocycles. The number of hydrogen-bond donors (Lipinski definition) is 2. The molecule has 0 fully saturated rings. The summed E-state index contributed by atoms with van der Waals surface area (Å²) in [5.74, 6) is 0.917. The van der Waals surface area contributed by atoms with Gasteiger partial charge in [-0.05, 0) is 24.3 Å². The summed E-state index contributed by atoms with van der Waals surface area (Å²) in [5.41, 5.74) is 2.73. The number of nitrogens with one attached hydrogen (secondary N) is 2. The highest BCUT2D eigenvalue weighted by Crippen LogP contribution is 2.32. The quantitative estimate of drug-likeness (QED) is 0.432. The molecule has 0 aliphatic carbocycles. The van der Waals surface area contributed by atoms with Crippen LogP contribution in [0.4, 0.5) is 16.0 Å². The highest BCUT2D eigenvalue weighted by Gasteiger charge is 2.14. The Morgan fingerprint density at radius 2 is 1.83 bits per heavy atom. The monoisotopic (exact) mass is 439 g/mol. The van der Waals surface area contributed by atoms with Gasteiger partial charge in [0.25, 0.3) is 5.91 Å². The molecule has 4 rings (SSSR count). The smallest absolute Gasteiger partial charge is 0.276 e. The first kappa shape index (κ1) is 19.8. The Hall–Kier alpha value is -3.50. The summed E-state index contributed by atoms with van der Waals surface area (Å²) >= 11 is 2.68. The van der Waals surface area contributed by atoms with Gasteiger partial charge >= 0.3 is 0 Å². The number of anilines is 3. The van der Waals surface area contributed by atoms with Crippen LogP contribution in [0.5, 0.6) is 11.5 Å². The van der Waals surface area contributed by atoms with Crippen molar-refractivity contribution in [2.75, 3.05) is 24.9 Å². The molecule has 0 bridgehead atoms. The van der Waals surface area contributed by atoms with E-state index < -0.39 is 0 Å². The molecule has 0 saturated carbocycles. The van der Waals surface area contributed by atoms with Gasteiger partial charge in [0, 0.05) is 40.5 Å². The van der Waals surface area contributed by atoms with Gasteiger partial charge < -0.3 is 14.8 Å². The lowest BCUT2D eigenvalue weighted by Crippen LogP contribution is -2.12. The number of hydrogen-bond acceptors (Lipinski definition) is 9. The predicted octanol–water partition coefficient (Wildman–Crippen LogP) is 4.67. The Kier molecular flexibility index (Phi) is 5.87. The molecule has 152 valence electrons. The normalized spacial score (nSPS) is 10.5. The van der Waals surface area contributed by atoms with E-state index >= 15 is 0 Å². The number of aromatic nitrogens is 3. The first-order chi connectivity index (χ1) is 14.7. The fraction of sp³-hybridized carbons (Fsp3) is 0.100. The van der Waals surface area contributed by atoms with Gasteiger partial charge in [0.05, 0.1) is 19.9 Å². The van der Waals surface area contributed by atoms with Crippen LogP contribution in [0.1, 0.15) is 10.5 Å². The van der Waals surface area contributed by atoms with Crippen molar-refractivity contribution in [1.82, 2.24) is 15.0 Å². The van der Waals surface area contributed by atoms with Gasteiger partial charge in [-0.3, -0.25) is 15.1 Å². The van der Waals surface area contributed by atoms with Crippen LogP contribution in [0, 0.1) is 0 Å². The van der Waals surface area contributed by atoms with Crippen molar-refractivity contribution in [2.24, 2.45) is 0 Å². The highest BCUT2D eigenvalue weighted by molar-refractivity contribution is 7.14. The number of nitrogens with zero attached hydrogens (tertiary/aromatic N) is 3. The number of thiazole rings is 2. The van der Waals surface area contributed by atoms with E-state index in [-0.39, 0.29) is 5.91 Å². The minimum atomic E-state index is -0.321. The number of amides is 1. The van der Waals surface area contributed by atoms with Crippen molar-refractivity contribution in [3.63, 3.8) is 0 Å². The van der Waals surface area contributed by atoms with Crippen LogP contribution in [-0.4, -0.2) is 35.1 Å². The molecule has 0 saturated heterocycles. The average molecular weight is 440 g/mol. The van der Waals surface area contributed by atoms with Crippen LogP contribution in [-0.2, 0) is 0 Å². The summed E-state index contributed by atoms with van der Waals surface area (Å²) in [5, 5.41) is 10.6. The van der Waals surface area contributed by atoms with Gasteiger partial charge in [-0.1, -0.05) is 0 Å². The largest absolute Gasteiger partial charge is 0.493 e. The SMILES string of the molecule is COc1ccc(Nc2nc(C(=O)Nc3nc(-c4cccnc4)cs3)cs2)cc1OC. The van der Waals surface area contributed by atoms with Crippen LogP contribution in [0.3, 0.4) is 0 Å². The van der Waals surface area contributed by atoms with Crippen molar-refractivity contribution in [1.29, 1.82) is 0 Å². The summed E-state index contributed by atoms with van der Waals surface area (Å²) in [7, 11) is 3.16. The first-order valence-electron chi connectivity index (χ1n) is 8.78. The van der Waals surface area contributed by atoms with Crippen LogP contribution < -0.4 is 20.1 Å². The average Bonchev–Trinajstić information content (AvgIpc) is 3.44. The minimum absolute atomic E-state index is 0.307. The molecule has 0 aliphatic heterocycles. The molecule has 3 aromatic heterocycles. The zero-order valence-corrected chi connectivity index (χ0v) is 17.7. The summed E-state index contributed by atoms with van der Waals surface area (Å²) < 4.78 is 10.5. The van der Waals surface area contributed by atoms with E-state index in [0.717, 1.165) is 16.9 Å². The maximum absolute atomic E-state index is 12.5. The zero-order chi connectivity index (χ0) is 20.9. The highest BCUT2D eigenvalue weighted by atomic mass is 32.1. The third-order valence-corrected chi connectivity index (χ3v) is 5.57. The van der Waals surface area contributed by atoms with E-state index in [4.69, 9.17) is 9.47 Å². The van der Waals surface area contributed by atoms with Gasteiger partial charge in [0.15, 0.2) is 21.8 Å². The molecule has 1 aromatic carbocycles. The molecule has 0 aliphatic rings. The lowest BCUT2D eigenvalue weighted by Gasteiger charge is -2.09. The number of methoxy groups -OCH3 is 2. The molecular weight excluding hydrogens is 422 g/mol.